The fourth-order valence-electron chi connectivity index (χ4n) is 8.03. The first-order chi connectivity index (χ1) is 25.9. The molecule has 55 heavy (non-hydrogen) atoms. The third-order valence-electron chi connectivity index (χ3n) is 10.6. The Morgan fingerprint density at radius 3 is 2.05 bits per heavy atom. The molecule has 19 heteroatoms. The summed E-state index contributed by atoms with van der Waals surface area (Å²) in [6.45, 7) is 0. The first kappa shape index (κ1) is 37.8. The molecule has 6 atom stereocenters. The maximum atomic E-state index is 15.3. The lowest BCUT2D eigenvalue weighted by Crippen LogP contribution is -2.60. The molecule has 7 rings (SSSR count). The molecule has 4 amide bonds. The van der Waals surface area contributed by atoms with Crippen LogP contribution in [0.1, 0.15) is 18.4 Å². The second kappa shape index (κ2) is 13.0. The van der Waals surface area contributed by atoms with Gasteiger partial charge in [-0.2, -0.15) is 0 Å². The van der Waals surface area contributed by atoms with Crippen LogP contribution in [0, 0.1) is 62.9 Å². The number of phenols is 1. The molecule has 1 N–H and O–H groups in total. The van der Waals surface area contributed by atoms with Crippen LogP contribution in [0.4, 0.5) is 39.0 Å². The molecule has 3 aromatic rings. The molecule has 3 fully saturated rings. The lowest BCUT2D eigenvalue weighted by Gasteiger charge is -2.49. The predicted molar refractivity (Wildman–Crippen MR) is 183 cm³/mol. The van der Waals surface area contributed by atoms with Gasteiger partial charge < -0.3 is 14.6 Å². The number of amides is 4. The Bertz CT molecular complexity index is 2290. The number of halogens is 7. The maximum absolute atomic E-state index is 15.3. The molecule has 0 unspecified atom stereocenters. The first-order valence-corrected chi connectivity index (χ1v) is 16.9. The van der Waals surface area contributed by atoms with Gasteiger partial charge >= 0.3 is 0 Å². The van der Waals surface area contributed by atoms with Crippen LogP contribution in [0.3, 0.4) is 0 Å². The number of non-ortho nitro benzene ring substituents is 1. The van der Waals surface area contributed by atoms with Gasteiger partial charge in [0.05, 0.1) is 36.7 Å². The minimum absolute atomic E-state index is 0.0616. The van der Waals surface area contributed by atoms with Crippen LogP contribution in [-0.2, 0) is 19.2 Å². The van der Waals surface area contributed by atoms with Crippen molar-refractivity contribution in [2.45, 2.75) is 22.6 Å². The van der Waals surface area contributed by atoms with E-state index in [9.17, 15) is 47.6 Å². The van der Waals surface area contributed by atoms with Crippen molar-refractivity contribution in [3.8, 4) is 17.2 Å². The van der Waals surface area contributed by atoms with Crippen molar-refractivity contribution in [1.82, 2.24) is 0 Å². The Labute approximate surface area is 316 Å². The molecule has 3 aromatic carbocycles. The smallest absolute Gasteiger partial charge is 0.271 e. The highest BCUT2D eigenvalue weighted by Gasteiger charge is 2.76. The first-order valence-electron chi connectivity index (χ1n) is 16.2. The van der Waals surface area contributed by atoms with E-state index in [0.717, 1.165) is 17.0 Å². The van der Waals surface area contributed by atoms with Gasteiger partial charge in [-0.05, 0) is 42.5 Å². The average Bonchev–Trinajstić information content (AvgIpc) is 3.51. The molecule has 4 aliphatic rings. The largest absolute Gasteiger partial charge is 0.502 e. The van der Waals surface area contributed by atoms with Gasteiger partial charge in [0.2, 0.25) is 23.4 Å². The highest BCUT2D eigenvalue weighted by Crippen LogP contribution is 2.64. The summed E-state index contributed by atoms with van der Waals surface area (Å²) in [6, 6.07) is 7.41. The third-order valence-corrected chi connectivity index (χ3v) is 12.0. The number of fused-ring (bicyclic) bond motifs is 4. The topological polar surface area (TPSA) is 157 Å². The SMILES string of the molecule is COc1cc(C=C[C@H]2C3=CC[C@@H]4C(=O)N(c5cccc([N+](=O)[O-])c5)C(=O)[C@@H]4[C@@H]3C[C@@]3(Cl)C(=O)N(c4c(F)c(F)c(F)c(F)c4F)C(=O)[C@@]23Cl)cc(OC)c1O. The number of alkyl halides is 2. The van der Waals surface area contributed by atoms with E-state index in [0.29, 0.717) is 0 Å². The Morgan fingerprint density at radius 2 is 1.47 bits per heavy atom. The van der Waals surface area contributed by atoms with Gasteiger partial charge in [0.1, 0.15) is 5.69 Å². The van der Waals surface area contributed by atoms with Crippen molar-refractivity contribution in [2.75, 3.05) is 24.0 Å². The molecule has 0 radical (unpaired) electrons. The standard InChI is InChI=1S/C36H24Cl2F5N3O9/c1-54-21-10-14(11-22(55-2)30(21)47)6-9-20-17-7-8-18-23(32(49)44(31(18)48)15-4-3-5-16(12-15)46(52)53)19(17)13-35(37)33(50)45(34(51)36(20,35)38)29-27(42)25(40)24(39)26(41)28(29)43/h3-7,9-12,18-20,23,47H,8,13H2,1-2H3/t18-,19+,20-,23-,35+,36-/m0/s1. The van der Waals surface area contributed by atoms with Gasteiger partial charge in [0, 0.05) is 18.1 Å². The number of carbonyl (C=O) groups excluding carboxylic acids is 4. The molecule has 0 bridgehead atoms. The summed E-state index contributed by atoms with van der Waals surface area (Å²) in [5.74, 6) is -23.2. The number of rotatable bonds is 7. The Kier molecular flexibility index (Phi) is 8.95. The molecule has 286 valence electrons. The zero-order valence-electron chi connectivity index (χ0n) is 28.1. The van der Waals surface area contributed by atoms with E-state index in [1.807, 2.05) is 0 Å². The number of nitro groups is 1. The van der Waals surface area contributed by atoms with E-state index in [4.69, 9.17) is 32.7 Å². The Morgan fingerprint density at radius 1 is 0.873 bits per heavy atom. The predicted octanol–water partition coefficient (Wildman–Crippen LogP) is 6.33. The fourth-order valence-corrected chi connectivity index (χ4v) is 8.92. The number of benzene rings is 3. The van der Waals surface area contributed by atoms with Crippen molar-refractivity contribution < 1.29 is 60.6 Å². The molecule has 1 saturated carbocycles. The summed E-state index contributed by atoms with van der Waals surface area (Å²) in [5.41, 5.74) is -2.06. The minimum Gasteiger partial charge on any atom is -0.502 e. The maximum Gasteiger partial charge on any atom is 0.271 e. The molecular weight excluding hydrogens is 784 g/mol. The summed E-state index contributed by atoms with van der Waals surface area (Å²) >= 11 is 14.2. The lowest BCUT2D eigenvalue weighted by atomic mass is 9.57. The Hall–Kier alpha value is -5.55. The normalized spacial score (nSPS) is 27.3. The van der Waals surface area contributed by atoms with Crippen LogP contribution in [0.5, 0.6) is 17.2 Å². The number of carbonyl (C=O) groups is 4. The number of ether oxygens (including phenoxy) is 2. The molecule has 0 spiro atoms. The number of aromatic hydroxyl groups is 1. The fraction of sp³-hybridized carbons (Fsp3) is 0.278. The van der Waals surface area contributed by atoms with Crippen LogP contribution >= 0.6 is 23.2 Å². The van der Waals surface area contributed by atoms with E-state index in [-0.39, 0.29) is 45.4 Å². The second-order valence-electron chi connectivity index (χ2n) is 13.2. The van der Waals surface area contributed by atoms with E-state index in [1.165, 1.54) is 56.7 Å². The van der Waals surface area contributed by atoms with Gasteiger partial charge in [0.15, 0.2) is 44.5 Å². The lowest BCUT2D eigenvalue weighted by molar-refractivity contribution is -0.384. The zero-order valence-corrected chi connectivity index (χ0v) is 29.6. The number of nitro benzene ring substituents is 1. The monoisotopic (exact) mass is 807 g/mol. The summed E-state index contributed by atoms with van der Waals surface area (Å²) in [7, 11) is 2.50. The van der Waals surface area contributed by atoms with Crippen LogP contribution in [-0.4, -0.2) is 57.6 Å². The average molecular weight is 808 g/mol. The molecule has 0 aromatic heterocycles. The zero-order chi connectivity index (χ0) is 40.0. The van der Waals surface area contributed by atoms with Crippen LogP contribution < -0.4 is 19.3 Å². The van der Waals surface area contributed by atoms with Crippen molar-refractivity contribution in [2.24, 2.45) is 23.7 Å². The van der Waals surface area contributed by atoms with Crippen molar-refractivity contribution in [3.05, 3.63) is 98.9 Å². The van der Waals surface area contributed by atoms with Crippen molar-refractivity contribution in [3.63, 3.8) is 0 Å². The van der Waals surface area contributed by atoms with Gasteiger partial charge in [-0.1, -0.05) is 29.9 Å². The van der Waals surface area contributed by atoms with Crippen molar-refractivity contribution >= 4 is 70.0 Å². The molecule has 12 nitrogen and oxygen atoms in total. The number of imide groups is 2. The van der Waals surface area contributed by atoms with Gasteiger partial charge in [-0.15, -0.1) is 23.2 Å². The van der Waals surface area contributed by atoms with Gasteiger partial charge in [-0.25, -0.2) is 31.8 Å². The number of methoxy groups -OCH3 is 2. The van der Waals surface area contributed by atoms with E-state index in [2.05, 4.69) is 0 Å². The number of anilines is 2. The van der Waals surface area contributed by atoms with E-state index >= 15 is 8.78 Å². The highest BCUT2D eigenvalue weighted by molar-refractivity contribution is 6.58. The number of allylic oxidation sites excluding steroid dienone is 3. The summed E-state index contributed by atoms with van der Waals surface area (Å²) in [6.07, 6.45) is 3.20. The molecule has 2 saturated heterocycles. The van der Waals surface area contributed by atoms with E-state index in [1.54, 1.807) is 0 Å². The number of hydrogen-bond donors (Lipinski definition) is 1. The molecular formula is C36H24Cl2F5N3O9. The van der Waals surface area contributed by atoms with Crippen LogP contribution in [0.15, 0.2) is 54.1 Å². The number of nitrogens with zero attached hydrogens (tertiary/aromatic N) is 3. The highest BCUT2D eigenvalue weighted by atomic mass is 35.5. The van der Waals surface area contributed by atoms with Gasteiger partial charge in [-0.3, -0.25) is 29.3 Å². The Balaban J connectivity index is 1.40. The second-order valence-corrected chi connectivity index (χ2v) is 14.4. The van der Waals surface area contributed by atoms with Crippen LogP contribution in [0.25, 0.3) is 6.08 Å². The molecule has 2 heterocycles. The number of phenolic OH excluding ortho intramolecular Hbond substituents is 1. The van der Waals surface area contributed by atoms with Crippen LogP contribution in [0.2, 0.25) is 0 Å². The molecule has 2 aliphatic carbocycles. The van der Waals surface area contributed by atoms with Crippen molar-refractivity contribution in [1.29, 1.82) is 0 Å². The quantitative estimate of drug-likeness (QED) is 0.0422. The number of hydrogen-bond acceptors (Lipinski definition) is 9. The van der Waals surface area contributed by atoms with E-state index < -0.39 is 109 Å². The summed E-state index contributed by atoms with van der Waals surface area (Å²) in [4.78, 5) is 62.5. The molecule has 2 aliphatic heterocycles. The minimum atomic E-state index is -2.76. The summed E-state index contributed by atoms with van der Waals surface area (Å²) < 4.78 is 83.9. The summed E-state index contributed by atoms with van der Waals surface area (Å²) in [5, 5.41) is 21.9. The third kappa shape index (κ3) is 5.15. The van der Waals surface area contributed by atoms with Gasteiger partial charge in [0.25, 0.3) is 17.5 Å².